The summed E-state index contributed by atoms with van der Waals surface area (Å²) >= 11 is 0. The highest BCUT2D eigenvalue weighted by Gasteiger charge is 2.40. The van der Waals surface area contributed by atoms with E-state index in [0.29, 0.717) is 19.8 Å². The van der Waals surface area contributed by atoms with E-state index in [1.165, 1.54) is 24.6 Å². The zero-order valence-corrected chi connectivity index (χ0v) is 18.6. The molecule has 3 nitrogen and oxygen atoms in total. The predicted octanol–water partition coefficient (Wildman–Crippen LogP) is 4.62. The molecule has 0 heterocycles. The topological polar surface area (TPSA) is 27.7 Å². The highest BCUT2D eigenvalue weighted by molar-refractivity contribution is 6.78. The van der Waals surface area contributed by atoms with Crippen molar-refractivity contribution in [1.29, 1.82) is 0 Å². The molecule has 0 aliphatic rings. The third-order valence-electron chi connectivity index (χ3n) is 3.83. The average molecular weight is 351 g/mol. The predicted molar refractivity (Wildman–Crippen MR) is 101 cm³/mol. The summed E-state index contributed by atoms with van der Waals surface area (Å²) in [5.41, 5.74) is 0. The van der Waals surface area contributed by atoms with Gasteiger partial charge in [0.1, 0.15) is 0 Å². The lowest BCUT2D eigenvalue weighted by molar-refractivity contribution is 0.0711. The Hall–Kier alpha value is 0.531. The van der Waals surface area contributed by atoms with Gasteiger partial charge in [0.15, 0.2) is 0 Å². The third kappa shape index (κ3) is 10.0. The normalized spacial score (nSPS) is 13.1. The van der Waals surface area contributed by atoms with Crippen molar-refractivity contribution in [2.75, 3.05) is 19.8 Å². The van der Waals surface area contributed by atoms with Crippen molar-refractivity contribution in [3.63, 3.8) is 0 Å². The zero-order valence-electron chi connectivity index (χ0n) is 15.5. The second-order valence-corrected chi connectivity index (χ2v) is 18.4. The molecule has 0 amide bonds. The Morgan fingerprint density at radius 3 is 1.62 bits per heavy atom. The molecule has 0 aromatic carbocycles. The molecule has 0 fully saturated rings. The molecule has 0 bridgehead atoms. The van der Waals surface area contributed by atoms with Gasteiger partial charge in [-0.25, -0.2) is 0 Å². The lowest BCUT2D eigenvalue weighted by atomic mass is 10.6. The highest BCUT2D eigenvalue weighted by atomic mass is 28.4. The van der Waals surface area contributed by atoms with Crippen LogP contribution in [0, 0.1) is 0 Å². The molecule has 0 saturated heterocycles. The van der Waals surface area contributed by atoms with Crippen LogP contribution in [0.15, 0.2) is 0 Å². The van der Waals surface area contributed by atoms with E-state index in [0.717, 1.165) is 6.04 Å². The fourth-order valence-corrected chi connectivity index (χ4v) is 12.4. The summed E-state index contributed by atoms with van der Waals surface area (Å²) in [6.07, 6.45) is 1.20. The first-order chi connectivity index (χ1) is 9.81. The lowest BCUT2D eigenvalue weighted by Gasteiger charge is -2.30. The van der Waals surface area contributed by atoms with E-state index < -0.39 is 25.7 Å². The van der Waals surface area contributed by atoms with Crippen LogP contribution >= 0.6 is 0 Å². The van der Waals surface area contributed by atoms with Crippen molar-refractivity contribution in [2.24, 2.45) is 0 Å². The maximum atomic E-state index is 5.94. The van der Waals surface area contributed by atoms with Gasteiger partial charge in [-0.1, -0.05) is 50.7 Å². The van der Waals surface area contributed by atoms with Crippen LogP contribution < -0.4 is 0 Å². The molecule has 0 aromatic heterocycles. The van der Waals surface area contributed by atoms with Crippen LogP contribution in [0.2, 0.25) is 50.4 Å². The fourth-order valence-electron chi connectivity index (χ4n) is 2.59. The molecule has 0 radical (unpaired) electrons. The summed E-state index contributed by atoms with van der Waals surface area (Å²) in [5.74, 6) is 0. The van der Waals surface area contributed by atoms with Gasteiger partial charge in [-0.15, -0.1) is 0 Å². The maximum absolute atomic E-state index is 5.94. The van der Waals surface area contributed by atoms with E-state index in [2.05, 4.69) is 26.2 Å². The molecule has 0 unspecified atom stereocenters. The summed E-state index contributed by atoms with van der Waals surface area (Å²) in [6.45, 7) is 18.2. The van der Waals surface area contributed by atoms with Crippen LogP contribution in [0.3, 0.4) is 0 Å². The van der Waals surface area contributed by atoms with Gasteiger partial charge < -0.3 is 13.3 Å². The summed E-state index contributed by atoms with van der Waals surface area (Å²) in [4.78, 5) is 0. The molecule has 0 aliphatic heterocycles. The van der Waals surface area contributed by atoms with E-state index >= 15 is 0 Å². The maximum Gasteiger partial charge on any atom is 0.500 e. The minimum Gasteiger partial charge on any atom is -0.374 e. The summed E-state index contributed by atoms with van der Waals surface area (Å²) in [6, 6.07) is 5.35. The zero-order chi connectivity index (χ0) is 16.4. The lowest BCUT2D eigenvalue weighted by Crippen LogP contribution is -2.46. The highest BCUT2D eigenvalue weighted by Crippen LogP contribution is 2.26. The minimum absolute atomic E-state index is 0.402. The molecular formula is C15H38O3Si3. The van der Waals surface area contributed by atoms with Crippen LogP contribution in [0.1, 0.15) is 27.2 Å². The monoisotopic (exact) mass is 350 g/mol. The van der Waals surface area contributed by atoms with Gasteiger partial charge in [0.2, 0.25) is 0 Å². The van der Waals surface area contributed by atoms with E-state index in [9.17, 15) is 0 Å². The van der Waals surface area contributed by atoms with Crippen molar-refractivity contribution in [3.05, 3.63) is 0 Å². The molecule has 0 atom stereocenters. The molecule has 0 aromatic rings. The molecular weight excluding hydrogens is 312 g/mol. The Bertz CT molecular complexity index is 244. The smallest absolute Gasteiger partial charge is 0.374 e. The number of rotatable bonds is 13. The SMILES string of the molecule is CCO[Si](CCC[Si](C)(C)CC[SiH](C)C)(OCC)OCC. The third-order valence-corrected chi connectivity index (χ3v) is 12.3. The largest absolute Gasteiger partial charge is 0.500 e. The Labute approximate surface area is 136 Å². The van der Waals surface area contributed by atoms with Gasteiger partial charge in [-0.3, -0.25) is 0 Å². The Kier molecular flexibility index (Phi) is 11.4. The number of hydrogen-bond donors (Lipinski definition) is 0. The Morgan fingerprint density at radius 2 is 1.24 bits per heavy atom. The quantitative estimate of drug-likeness (QED) is 0.454. The summed E-state index contributed by atoms with van der Waals surface area (Å²) in [5, 5.41) is 0. The Balaban J connectivity index is 4.39. The van der Waals surface area contributed by atoms with Gasteiger partial charge in [0.05, 0.1) is 0 Å². The van der Waals surface area contributed by atoms with Gasteiger partial charge in [0, 0.05) is 42.7 Å². The standard InChI is InChI=1S/C15H38O3Si3/c1-8-16-21(17-9-2,18-10-3)14-11-13-20(6,7)15-12-19(4)5/h19H,8-15H2,1-7H3. The molecule has 0 N–H and O–H groups in total. The minimum atomic E-state index is -2.41. The van der Waals surface area contributed by atoms with Crippen LogP contribution in [-0.2, 0) is 13.3 Å². The van der Waals surface area contributed by atoms with E-state index in [-0.39, 0.29) is 0 Å². The van der Waals surface area contributed by atoms with Crippen molar-refractivity contribution in [1.82, 2.24) is 0 Å². The second-order valence-electron chi connectivity index (χ2n) is 6.93. The van der Waals surface area contributed by atoms with Crippen LogP contribution in [0.25, 0.3) is 0 Å². The number of hydrogen-bond acceptors (Lipinski definition) is 3. The van der Waals surface area contributed by atoms with Gasteiger partial charge in [-0.2, -0.15) is 0 Å². The fraction of sp³-hybridized carbons (Fsp3) is 1.00. The first kappa shape index (κ1) is 21.5. The van der Waals surface area contributed by atoms with Gasteiger partial charge >= 0.3 is 8.80 Å². The average Bonchev–Trinajstić information content (AvgIpc) is 2.37. The van der Waals surface area contributed by atoms with E-state index in [4.69, 9.17) is 13.3 Å². The van der Waals surface area contributed by atoms with E-state index in [1.54, 1.807) is 0 Å². The van der Waals surface area contributed by atoms with Crippen molar-refractivity contribution >= 4 is 25.7 Å². The van der Waals surface area contributed by atoms with Crippen LogP contribution in [0.4, 0.5) is 0 Å². The molecule has 0 rings (SSSR count). The van der Waals surface area contributed by atoms with Gasteiger partial charge in [0.25, 0.3) is 0 Å². The Morgan fingerprint density at radius 1 is 0.762 bits per heavy atom. The van der Waals surface area contributed by atoms with Gasteiger partial charge in [-0.05, 0) is 20.8 Å². The molecule has 0 aliphatic carbocycles. The van der Waals surface area contributed by atoms with Crippen LogP contribution in [0.5, 0.6) is 0 Å². The first-order valence-corrected chi connectivity index (χ1v) is 17.2. The molecule has 128 valence electrons. The summed E-state index contributed by atoms with van der Waals surface area (Å²) in [7, 11) is -3.86. The van der Waals surface area contributed by atoms with Crippen molar-refractivity contribution in [3.8, 4) is 0 Å². The first-order valence-electron chi connectivity index (χ1n) is 8.72. The van der Waals surface area contributed by atoms with Crippen molar-refractivity contribution in [2.45, 2.75) is 77.6 Å². The molecule has 21 heavy (non-hydrogen) atoms. The molecule has 0 spiro atoms. The summed E-state index contributed by atoms with van der Waals surface area (Å²) < 4.78 is 17.8. The molecule has 0 saturated carbocycles. The van der Waals surface area contributed by atoms with Crippen LogP contribution in [-0.4, -0.2) is 45.5 Å². The van der Waals surface area contributed by atoms with Crippen molar-refractivity contribution < 1.29 is 13.3 Å². The molecule has 6 heteroatoms. The van der Waals surface area contributed by atoms with E-state index in [1.807, 2.05) is 20.8 Å². The second kappa shape index (κ2) is 11.1.